The number of hydrogen-bond donors (Lipinski definition) is 1. The fraction of sp³-hybridized carbons (Fsp3) is 0.840. The first-order valence-electron chi connectivity index (χ1n) is 11.9. The monoisotopic (exact) mass is 426 g/mol. The van der Waals surface area contributed by atoms with Crippen LogP contribution in [0.15, 0.2) is 23.8 Å². The van der Waals surface area contributed by atoms with E-state index in [-0.39, 0.29) is 5.92 Å². The lowest BCUT2D eigenvalue weighted by Gasteiger charge is -2.37. The molecule has 0 amide bonds. The normalized spacial score (nSPS) is 21.9. The molecule has 2 atom stereocenters. The summed E-state index contributed by atoms with van der Waals surface area (Å²) in [5.74, 6) is 4.46. The highest BCUT2D eigenvalue weighted by atomic mass is 32.2. The van der Waals surface area contributed by atoms with E-state index in [1.54, 1.807) is 0 Å². The van der Waals surface area contributed by atoms with Crippen molar-refractivity contribution >= 4 is 23.5 Å². The summed E-state index contributed by atoms with van der Waals surface area (Å²) >= 11 is 3.96. The summed E-state index contributed by atoms with van der Waals surface area (Å²) in [6, 6.07) is 0. The molecule has 28 heavy (non-hydrogen) atoms. The number of allylic oxidation sites excluding steroid dienone is 2. The number of unbranched alkanes of at least 4 members (excludes halogenated alkanes) is 10. The van der Waals surface area contributed by atoms with Gasteiger partial charge < -0.3 is 5.11 Å². The number of thioether (sulfide) groups is 2. The molecule has 3 heteroatoms. The molecule has 0 aromatic carbocycles. The SMILES string of the molecule is CCCCCCCCSCC1=CC=CC(C)C1(O)CSCCCCCCCC. The van der Waals surface area contributed by atoms with Gasteiger partial charge in [-0.25, -0.2) is 0 Å². The van der Waals surface area contributed by atoms with Crippen LogP contribution in [-0.4, -0.2) is 33.7 Å². The molecule has 0 saturated carbocycles. The molecule has 0 aromatic heterocycles. The second-order valence-electron chi connectivity index (χ2n) is 8.43. The van der Waals surface area contributed by atoms with Gasteiger partial charge in [-0.1, -0.05) is 103 Å². The quantitative estimate of drug-likeness (QED) is 0.224. The Hall–Kier alpha value is 0.140. The minimum atomic E-state index is -0.643. The second kappa shape index (κ2) is 16.9. The van der Waals surface area contributed by atoms with Crippen LogP contribution in [0.2, 0.25) is 0 Å². The molecule has 0 bridgehead atoms. The van der Waals surface area contributed by atoms with Crippen LogP contribution in [0.4, 0.5) is 0 Å². The predicted molar refractivity (Wildman–Crippen MR) is 133 cm³/mol. The standard InChI is InChI=1S/C25H46OS2/c1-4-6-8-10-12-14-19-27-21-24-18-16-17-23(3)25(24,26)22-28-20-15-13-11-9-7-5-2/h16-18,23,26H,4-15,19-22H2,1-3H3. The summed E-state index contributed by atoms with van der Waals surface area (Å²) in [5.41, 5.74) is 0.601. The van der Waals surface area contributed by atoms with E-state index in [1.807, 2.05) is 23.5 Å². The Morgan fingerprint density at radius 1 is 0.821 bits per heavy atom. The van der Waals surface area contributed by atoms with Crippen molar-refractivity contribution in [2.75, 3.05) is 23.0 Å². The molecule has 164 valence electrons. The Kier molecular flexibility index (Phi) is 15.8. The van der Waals surface area contributed by atoms with Crippen LogP contribution in [0.5, 0.6) is 0 Å². The highest BCUT2D eigenvalue weighted by Crippen LogP contribution is 2.36. The van der Waals surface area contributed by atoms with E-state index in [2.05, 4.69) is 39.0 Å². The predicted octanol–water partition coefficient (Wildman–Crippen LogP) is 8.04. The maximum atomic E-state index is 11.4. The smallest absolute Gasteiger partial charge is 0.102 e. The van der Waals surface area contributed by atoms with Crippen LogP contribution < -0.4 is 0 Å². The summed E-state index contributed by atoms with van der Waals surface area (Å²) < 4.78 is 0. The van der Waals surface area contributed by atoms with E-state index in [1.165, 1.54) is 94.1 Å². The summed E-state index contributed by atoms with van der Waals surface area (Å²) in [4.78, 5) is 0. The molecule has 1 N–H and O–H groups in total. The molecule has 1 aliphatic carbocycles. The largest absolute Gasteiger partial charge is 0.384 e. The van der Waals surface area contributed by atoms with Gasteiger partial charge in [0.15, 0.2) is 0 Å². The molecule has 1 aliphatic rings. The van der Waals surface area contributed by atoms with E-state index in [0.717, 1.165) is 11.5 Å². The Labute approximate surface area is 184 Å². The molecule has 0 aliphatic heterocycles. The van der Waals surface area contributed by atoms with Gasteiger partial charge in [0.05, 0.1) is 0 Å². The van der Waals surface area contributed by atoms with E-state index in [0.29, 0.717) is 0 Å². The molecule has 0 radical (unpaired) electrons. The summed E-state index contributed by atoms with van der Waals surface area (Å²) in [6.07, 6.45) is 22.8. The molecule has 0 heterocycles. The van der Waals surface area contributed by atoms with Crippen molar-refractivity contribution in [1.29, 1.82) is 0 Å². The highest BCUT2D eigenvalue weighted by molar-refractivity contribution is 7.99. The maximum Gasteiger partial charge on any atom is 0.102 e. The minimum Gasteiger partial charge on any atom is -0.384 e. The first kappa shape index (κ1) is 26.2. The molecule has 0 saturated heterocycles. The zero-order valence-electron chi connectivity index (χ0n) is 18.9. The van der Waals surface area contributed by atoms with Crippen molar-refractivity contribution in [2.24, 2.45) is 5.92 Å². The molecule has 0 aromatic rings. The summed E-state index contributed by atoms with van der Waals surface area (Å²) in [5, 5.41) is 11.4. The van der Waals surface area contributed by atoms with Gasteiger partial charge in [0.25, 0.3) is 0 Å². The van der Waals surface area contributed by atoms with Gasteiger partial charge in [-0.05, 0) is 29.9 Å². The molecular weight excluding hydrogens is 380 g/mol. The zero-order chi connectivity index (χ0) is 20.5. The van der Waals surface area contributed by atoms with Crippen LogP contribution in [0.25, 0.3) is 0 Å². The number of hydrogen-bond acceptors (Lipinski definition) is 3. The van der Waals surface area contributed by atoms with Gasteiger partial charge in [-0.2, -0.15) is 23.5 Å². The summed E-state index contributed by atoms with van der Waals surface area (Å²) in [7, 11) is 0. The van der Waals surface area contributed by atoms with Gasteiger partial charge in [0, 0.05) is 17.4 Å². The zero-order valence-corrected chi connectivity index (χ0v) is 20.5. The fourth-order valence-corrected chi connectivity index (χ4v) is 6.14. The Morgan fingerprint density at radius 3 is 1.96 bits per heavy atom. The van der Waals surface area contributed by atoms with E-state index < -0.39 is 5.60 Å². The lowest BCUT2D eigenvalue weighted by Crippen LogP contribution is -2.42. The van der Waals surface area contributed by atoms with Crippen LogP contribution in [0.1, 0.15) is 97.8 Å². The van der Waals surface area contributed by atoms with E-state index in [4.69, 9.17) is 0 Å². The topological polar surface area (TPSA) is 20.2 Å². The van der Waals surface area contributed by atoms with Crippen molar-refractivity contribution in [3.8, 4) is 0 Å². The molecular formula is C25H46OS2. The number of rotatable bonds is 18. The lowest BCUT2D eigenvalue weighted by atomic mass is 9.81. The van der Waals surface area contributed by atoms with Gasteiger partial charge >= 0.3 is 0 Å². The third-order valence-corrected chi connectivity index (χ3v) is 8.18. The average molecular weight is 427 g/mol. The second-order valence-corrected chi connectivity index (χ2v) is 10.6. The first-order chi connectivity index (χ1) is 13.6. The summed E-state index contributed by atoms with van der Waals surface area (Å²) in [6.45, 7) is 6.72. The Bertz CT molecular complexity index is 432. The first-order valence-corrected chi connectivity index (χ1v) is 14.2. The van der Waals surface area contributed by atoms with E-state index >= 15 is 0 Å². The minimum absolute atomic E-state index is 0.221. The fourth-order valence-electron chi connectivity index (χ4n) is 3.71. The highest BCUT2D eigenvalue weighted by Gasteiger charge is 2.37. The molecule has 0 spiro atoms. The third-order valence-electron chi connectivity index (χ3n) is 5.87. The van der Waals surface area contributed by atoms with Gasteiger partial charge in [0.1, 0.15) is 5.60 Å². The van der Waals surface area contributed by atoms with Crippen LogP contribution in [0.3, 0.4) is 0 Å². The Morgan fingerprint density at radius 2 is 1.36 bits per heavy atom. The lowest BCUT2D eigenvalue weighted by molar-refractivity contribution is 0.0659. The van der Waals surface area contributed by atoms with Gasteiger partial charge in [-0.3, -0.25) is 0 Å². The van der Waals surface area contributed by atoms with Crippen LogP contribution >= 0.6 is 23.5 Å². The van der Waals surface area contributed by atoms with Gasteiger partial charge in [-0.15, -0.1) is 0 Å². The van der Waals surface area contributed by atoms with Crippen molar-refractivity contribution in [3.63, 3.8) is 0 Å². The molecule has 1 nitrogen and oxygen atoms in total. The van der Waals surface area contributed by atoms with Gasteiger partial charge in [0.2, 0.25) is 0 Å². The maximum absolute atomic E-state index is 11.4. The number of aliphatic hydroxyl groups is 1. The van der Waals surface area contributed by atoms with Crippen LogP contribution in [0, 0.1) is 5.92 Å². The van der Waals surface area contributed by atoms with Crippen molar-refractivity contribution in [3.05, 3.63) is 23.8 Å². The molecule has 1 rings (SSSR count). The Balaban J connectivity index is 2.25. The van der Waals surface area contributed by atoms with Crippen LogP contribution in [-0.2, 0) is 0 Å². The third kappa shape index (κ3) is 10.8. The average Bonchev–Trinajstić information content (AvgIpc) is 2.69. The van der Waals surface area contributed by atoms with E-state index in [9.17, 15) is 5.11 Å². The van der Waals surface area contributed by atoms with Crippen molar-refractivity contribution < 1.29 is 5.11 Å². The molecule has 2 unspecified atom stereocenters. The van der Waals surface area contributed by atoms with Crippen molar-refractivity contribution in [2.45, 2.75) is 103 Å². The van der Waals surface area contributed by atoms with Crippen molar-refractivity contribution in [1.82, 2.24) is 0 Å². The molecule has 0 fully saturated rings.